The molecule has 1 fully saturated rings. The molecule has 0 spiro atoms. The Morgan fingerprint density at radius 3 is 2.35 bits per heavy atom. The first kappa shape index (κ1) is 36.1. The molecule has 3 aliphatic heterocycles. The van der Waals surface area contributed by atoms with E-state index in [0.29, 0.717) is 31.0 Å². The van der Waals surface area contributed by atoms with Gasteiger partial charge in [0, 0.05) is 53.8 Å². The lowest BCUT2D eigenvalue weighted by Gasteiger charge is -2.32. The largest absolute Gasteiger partial charge is 0.364 e. The summed E-state index contributed by atoms with van der Waals surface area (Å²) >= 11 is 0. The molecule has 0 radical (unpaired) electrons. The van der Waals surface area contributed by atoms with Gasteiger partial charge in [0.2, 0.25) is 0 Å². The third kappa shape index (κ3) is 6.84. The van der Waals surface area contributed by atoms with Gasteiger partial charge in [0.1, 0.15) is 0 Å². The lowest BCUT2D eigenvalue weighted by Crippen LogP contribution is -2.40. The molecule has 6 rings (SSSR count). The highest BCUT2D eigenvalue weighted by Gasteiger charge is 2.44. The standard InChI is InChI=1S/C40H45N3O7S/c1-6-41-31-20-19-28(38(46)50-43-35(44)22-23-36(43)45)26-30(31)39(2,3)33(41)16-8-7-9-17-34-40(4,5)37-29-15-11-10-14-27(29)18-21-32(37)42(34)24-12-13-25-51(47,48)49/h7-11,14-21,26,34H,6,12-13,22-25H2,1-5H3,(H,47,48,49)/b8-7+,17-9+,33-16-. The molecule has 3 aromatic rings. The number of unbranched alkanes of at least 4 members (excludes halogenated alkanes) is 1. The van der Waals surface area contributed by atoms with Gasteiger partial charge in [-0.05, 0) is 72.0 Å². The van der Waals surface area contributed by atoms with Crippen molar-refractivity contribution in [3.8, 4) is 0 Å². The Morgan fingerprint density at radius 2 is 1.65 bits per heavy atom. The zero-order valence-electron chi connectivity index (χ0n) is 29.8. The summed E-state index contributed by atoms with van der Waals surface area (Å²) < 4.78 is 32.0. The van der Waals surface area contributed by atoms with Crippen LogP contribution in [0.15, 0.2) is 90.7 Å². The van der Waals surface area contributed by atoms with Crippen LogP contribution in [0, 0.1) is 0 Å². The van der Waals surface area contributed by atoms with Crippen LogP contribution in [-0.4, -0.2) is 60.7 Å². The average Bonchev–Trinajstić information content (AvgIpc) is 3.60. The van der Waals surface area contributed by atoms with E-state index in [2.05, 4.69) is 93.0 Å². The van der Waals surface area contributed by atoms with Crippen molar-refractivity contribution >= 4 is 50.0 Å². The SMILES string of the molecule is CCN1\C(=C/C=C/C=C/C2N(CCCCS(=O)(=O)O)c3ccc4ccccc4c3C2(C)C)C(C)(C)c2cc(C(=O)ON3C(=O)CCC3=O)ccc21. The predicted octanol–water partition coefficient (Wildman–Crippen LogP) is 7.01. The van der Waals surface area contributed by atoms with Crippen LogP contribution in [0.2, 0.25) is 0 Å². The fourth-order valence-corrected chi connectivity index (χ4v) is 8.42. The molecule has 3 heterocycles. The Hall–Kier alpha value is -4.74. The number of imide groups is 1. The van der Waals surface area contributed by atoms with E-state index < -0.39 is 33.3 Å². The molecule has 268 valence electrons. The number of rotatable bonds is 11. The molecule has 0 aliphatic carbocycles. The van der Waals surface area contributed by atoms with Gasteiger partial charge < -0.3 is 14.6 Å². The van der Waals surface area contributed by atoms with Crippen molar-refractivity contribution in [1.82, 2.24) is 5.06 Å². The van der Waals surface area contributed by atoms with E-state index in [1.165, 1.54) is 16.3 Å². The molecule has 0 aromatic heterocycles. The third-order valence-corrected chi connectivity index (χ3v) is 11.2. The maximum atomic E-state index is 13.0. The van der Waals surface area contributed by atoms with Crippen molar-refractivity contribution in [3.63, 3.8) is 0 Å². The molecule has 1 N–H and O–H groups in total. The van der Waals surface area contributed by atoms with Gasteiger partial charge in [-0.2, -0.15) is 8.42 Å². The molecule has 1 unspecified atom stereocenters. The molecular formula is C40H45N3O7S. The van der Waals surface area contributed by atoms with Crippen LogP contribution in [0.5, 0.6) is 0 Å². The van der Waals surface area contributed by atoms with Crippen LogP contribution in [-0.2, 0) is 35.4 Å². The number of fused-ring (bicyclic) bond motifs is 4. The van der Waals surface area contributed by atoms with Gasteiger partial charge in [0.15, 0.2) is 0 Å². The summed E-state index contributed by atoms with van der Waals surface area (Å²) in [6, 6.07) is 18.0. The first-order valence-corrected chi connectivity index (χ1v) is 19.1. The van der Waals surface area contributed by atoms with Crippen LogP contribution in [0.1, 0.15) is 81.8 Å². The summed E-state index contributed by atoms with van der Waals surface area (Å²) in [7, 11) is -4.01. The van der Waals surface area contributed by atoms with Crippen molar-refractivity contribution in [3.05, 3.63) is 107 Å². The molecular weight excluding hydrogens is 667 g/mol. The topological polar surface area (TPSA) is 125 Å². The van der Waals surface area contributed by atoms with Crippen LogP contribution in [0.3, 0.4) is 0 Å². The van der Waals surface area contributed by atoms with Crippen LogP contribution in [0.4, 0.5) is 11.4 Å². The number of hydrogen-bond acceptors (Lipinski definition) is 8. The Labute approximate surface area is 299 Å². The fraction of sp³-hybridized carbons (Fsp3) is 0.375. The van der Waals surface area contributed by atoms with Gasteiger partial charge in [0.05, 0.1) is 17.4 Å². The fourth-order valence-electron chi connectivity index (χ4n) is 7.85. The van der Waals surface area contributed by atoms with E-state index in [1.54, 1.807) is 12.1 Å². The molecule has 51 heavy (non-hydrogen) atoms. The van der Waals surface area contributed by atoms with Crippen LogP contribution < -0.4 is 9.80 Å². The number of anilines is 2. The molecule has 10 nitrogen and oxygen atoms in total. The zero-order valence-corrected chi connectivity index (χ0v) is 30.6. The summed E-state index contributed by atoms with van der Waals surface area (Å²) in [6.45, 7) is 12.1. The average molecular weight is 712 g/mol. The van der Waals surface area contributed by atoms with Gasteiger partial charge in [0.25, 0.3) is 21.9 Å². The molecule has 3 aromatic carbocycles. The zero-order chi connectivity index (χ0) is 36.7. The van der Waals surface area contributed by atoms with Gasteiger partial charge in [-0.15, -0.1) is 5.06 Å². The first-order chi connectivity index (χ1) is 24.1. The second-order valence-electron chi connectivity index (χ2n) is 14.4. The Kier molecular flexibility index (Phi) is 9.73. The summed E-state index contributed by atoms with van der Waals surface area (Å²) in [6.07, 6.45) is 11.4. The van der Waals surface area contributed by atoms with Crippen molar-refractivity contribution in [2.24, 2.45) is 0 Å². The Morgan fingerprint density at radius 1 is 0.941 bits per heavy atom. The number of carbonyl (C=O) groups excluding carboxylic acids is 3. The summed E-state index contributed by atoms with van der Waals surface area (Å²) in [5.41, 5.74) is 4.94. The highest BCUT2D eigenvalue weighted by Crippen LogP contribution is 2.50. The number of hydrogen-bond donors (Lipinski definition) is 1. The number of allylic oxidation sites excluding steroid dienone is 5. The number of carbonyl (C=O) groups is 3. The van der Waals surface area contributed by atoms with E-state index in [1.807, 2.05) is 24.3 Å². The highest BCUT2D eigenvalue weighted by molar-refractivity contribution is 7.85. The Bertz CT molecular complexity index is 2080. The van der Waals surface area contributed by atoms with Gasteiger partial charge >= 0.3 is 5.97 Å². The van der Waals surface area contributed by atoms with E-state index in [4.69, 9.17) is 4.84 Å². The van der Waals surface area contributed by atoms with E-state index in [-0.39, 0.29) is 35.6 Å². The molecule has 0 bridgehead atoms. The maximum Gasteiger partial charge on any atom is 0.363 e. The van der Waals surface area contributed by atoms with Crippen molar-refractivity contribution in [1.29, 1.82) is 0 Å². The molecule has 0 saturated carbocycles. The minimum Gasteiger partial charge on any atom is -0.364 e. The highest BCUT2D eigenvalue weighted by atomic mass is 32.2. The minimum absolute atomic E-state index is 0.00461. The van der Waals surface area contributed by atoms with Crippen molar-refractivity contribution < 1.29 is 32.2 Å². The third-order valence-electron chi connectivity index (χ3n) is 10.4. The van der Waals surface area contributed by atoms with E-state index >= 15 is 0 Å². The smallest absolute Gasteiger partial charge is 0.363 e. The van der Waals surface area contributed by atoms with Crippen molar-refractivity contribution in [2.75, 3.05) is 28.6 Å². The van der Waals surface area contributed by atoms with E-state index in [0.717, 1.165) is 22.6 Å². The second kappa shape index (κ2) is 13.8. The lowest BCUT2D eigenvalue weighted by molar-refractivity contribution is -0.172. The lowest BCUT2D eigenvalue weighted by atomic mass is 9.78. The summed E-state index contributed by atoms with van der Waals surface area (Å²) in [5, 5.41) is 2.95. The number of hydroxylamine groups is 2. The van der Waals surface area contributed by atoms with Gasteiger partial charge in [-0.3, -0.25) is 14.1 Å². The summed E-state index contributed by atoms with van der Waals surface area (Å²) in [4.78, 5) is 46.7. The Balaban J connectivity index is 1.23. The number of likely N-dealkylation sites (N-methyl/N-ethyl adjacent to an activating group) is 1. The van der Waals surface area contributed by atoms with Gasteiger partial charge in [-0.25, -0.2) is 4.79 Å². The maximum absolute atomic E-state index is 13.0. The molecule has 2 amide bonds. The second-order valence-corrected chi connectivity index (χ2v) is 16.0. The quantitative estimate of drug-likeness (QED) is 0.0968. The monoisotopic (exact) mass is 711 g/mol. The first-order valence-electron chi connectivity index (χ1n) is 17.4. The minimum atomic E-state index is -4.01. The molecule has 3 aliphatic rings. The van der Waals surface area contributed by atoms with Crippen LogP contribution >= 0.6 is 0 Å². The molecule has 11 heteroatoms. The number of benzene rings is 3. The van der Waals surface area contributed by atoms with Crippen LogP contribution in [0.25, 0.3) is 10.8 Å². The van der Waals surface area contributed by atoms with Crippen molar-refractivity contribution in [2.45, 2.75) is 77.2 Å². The number of amides is 2. The van der Waals surface area contributed by atoms with E-state index in [9.17, 15) is 27.4 Å². The van der Waals surface area contributed by atoms with Gasteiger partial charge in [-0.1, -0.05) is 82.3 Å². The summed E-state index contributed by atoms with van der Waals surface area (Å²) in [5.74, 6) is -2.04. The normalized spacial score (nSPS) is 20.4. The number of nitrogens with zero attached hydrogens (tertiary/aromatic N) is 3. The molecule has 1 atom stereocenters. The molecule has 1 saturated heterocycles. The predicted molar refractivity (Wildman–Crippen MR) is 199 cm³/mol.